The van der Waals surface area contributed by atoms with E-state index in [1.807, 2.05) is 13.0 Å². The molecule has 1 aliphatic rings. The van der Waals surface area contributed by atoms with Crippen molar-refractivity contribution in [3.8, 4) is 5.75 Å². The topological polar surface area (TPSA) is 64.4 Å². The molecule has 0 aromatic heterocycles. The van der Waals surface area contributed by atoms with E-state index in [2.05, 4.69) is 21.2 Å². The standard InChI is InChI=1S/C12H15BrN2O3/c1-8-4-10(13)5-11(15(16)17)12(8)18-3-2-9-6-14-7-9/h4-5,9,14H,2-3,6-7H2,1H3. The summed E-state index contributed by atoms with van der Waals surface area (Å²) in [4.78, 5) is 10.6. The molecule has 1 aliphatic heterocycles. The molecule has 2 rings (SSSR count). The number of hydrogen-bond donors (Lipinski definition) is 1. The first-order chi connectivity index (χ1) is 8.58. The Morgan fingerprint density at radius 1 is 1.56 bits per heavy atom. The van der Waals surface area contributed by atoms with Crippen molar-refractivity contribution < 1.29 is 9.66 Å². The second-order valence-corrected chi connectivity index (χ2v) is 5.41. The van der Waals surface area contributed by atoms with Gasteiger partial charge in [0.15, 0.2) is 5.75 Å². The fraction of sp³-hybridized carbons (Fsp3) is 0.500. The minimum Gasteiger partial charge on any atom is -0.487 e. The predicted octanol–water partition coefficient (Wildman–Crippen LogP) is 2.65. The third-order valence-corrected chi connectivity index (χ3v) is 3.51. The van der Waals surface area contributed by atoms with Gasteiger partial charge in [0.1, 0.15) is 0 Å². The SMILES string of the molecule is Cc1cc(Br)cc([N+](=O)[O-])c1OCCC1CNC1. The number of nitro groups is 1. The van der Waals surface area contributed by atoms with Gasteiger partial charge in [-0.15, -0.1) is 0 Å². The van der Waals surface area contributed by atoms with Crippen LogP contribution in [-0.2, 0) is 0 Å². The summed E-state index contributed by atoms with van der Waals surface area (Å²) in [5, 5.41) is 14.2. The smallest absolute Gasteiger partial charge is 0.312 e. The molecule has 18 heavy (non-hydrogen) atoms. The van der Waals surface area contributed by atoms with Crippen molar-refractivity contribution in [2.24, 2.45) is 5.92 Å². The first-order valence-electron chi connectivity index (χ1n) is 5.86. The van der Waals surface area contributed by atoms with Crippen LogP contribution in [0, 0.1) is 23.0 Å². The molecule has 1 aromatic rings. The average molecular weight is 315 g/mol. The molecule has 0 saturated carbocycles. The highest BCUT2D eigenvalue weighted by Crippen LogP contribution is 2.34. The van der Waals surface area contributed by atoms with Gasteiger partial charge in [0.25, 0.3) is 0 Å². The summed E-state index contributed by atoms with van der Waals surface area (Å²) in [6.07, 6.45) is 0.930. The van der Waals surface area contributed by atoms with Crippen LogP contribution in [0.5, 0.6) is 5.75 Å². The summed E-state index contributed by atoms with van der Waals surface area (Å²) in [5.74, 6) is 1.02. The Bertz CT molecular complexity index is 461. The summed E-state index contributed by atoms with van der Waals surface area (Å²) < 4.78 is 6.30. The highest BCUT2D eigenvalue weighted by molar-refractivity contribution is 9.10. The fourth-order valence-corrected chi connectivity index (χ4v) is 2.48. The van der Waals surface area contributed by atoms with E-state index in [9.17, 15) is 10.1 Å². The highest BCUT2D eigenvalue weighted by Gasteiger charge is 2.20. The molecule has 0 spiro atoms. The monoisotopic (exact) mass is 314 g/mol. The Morgan fingerprint density at radius 3 is 2.83 bits per heavy atom. The van der Waals surface area contributed by atoms with Gasteiger partial charge in [-0.05, 0) is 44.0 Å². The number of nitro benzene ring substituents is 1. The number of rotatable bonds is 5. The van der Waals surface area contributed by atoms with Crippen molar-refractivity contribution in [3.05, 3.63) is 32.3 Å². The third kappa shape index (κ3) is 3.00. The summed E-state index contributed by atoms with van der Waals surface area (Å²) in [6, 6.07) is 3.31. The normalized spacial score (nSPS) is 15.2. The van der Waals surface area contributed by atoms with Crippen LogP contribution in [0.4, 0.5) is 5.69 Å². The van der Waals surface area contributed by atoms with Gasteiger partial charge < -0.3 is 10.1 Å². The lowest BCUT2D eigenvalue weighted by Gasteiger charge is -2.26. The van der Waals surface area contributed by atoms with Gasteiger partial charge in [0.2, 0.25) is 0 Å². The Kier molecular flexibility index (Phi) is 4.19. The van der Waals surface area contributed by atoms with Gasteiger partial charge in [-0.25, -0.2) is 0 Å². The Balaban J connectivity index is 2.07. The summed E-state index contributed by atoms with van der Waals surface area (Å²) in [7, 11) is 0. The zero-order valence-corrected chi connectivity index (χ0v) is 11.7. The Labute approximate surface area is 114 Å². The van der Waals surface area contributed by atoms with E-state index in [0.29, 0.717) is 22.7 Å². The zero-order valence-electron chi connectivity index (χ0n) is 10.1. The van der Waals surface area contributed by atoms with Crippen LogP contribution < -0.4 is 10.1 Å². The lowest BCUT2D eigenvalue weighted by Crippen LogP contribution is -2.42. The summed E-state index contributed by atoms with van der Waals surface area (Å²) >= 11 is 3.26. The van der Waals surface area contributed by atoms with Gasteiger partial charge in [-0.3, -0.25) is 10.1 Å². The van der Waals surface area contributed by atoms with E-state index in [0.717, 1.165) is 25.1 Å². The quantitative estimate of drug-likeness (QED) is 0.670. The molecule has 0 bridgehead atoms. The van der Waals surface area contributed by atoms with Gasteiger partial charge in [0, 0.05) is 10.5 Å². The first-order valence-corrected chi connectivity index (χ1v) is 6.65. The minimum atomic E-state index is -0.405. The number of nitrogens with one attached hydrogen (secondary N) is 1. The van der Waals surface area contributed by atoms with Gasteiger partial charge in [-0.1, -0.05) is 15.9 Å². The number of benzene rings is 1. The molecule has 5 nitrogen and oxygen atoms in total. The number of halogens is 1. The molecule has 1 saturated heterocycles. The molecule has 0 amide bonds. The molecule has 1 N–H and O–H groups in total. The Morgan fingerprint density at radius 2 is 2.28 bits per heavy atom. The van der Waals surface area contributed by atoms with E-state index in [-0.39, 0.29) is 5.69 Å². The number of nitrogens with zero attached hydrogens (tertiary/aromatic N) is 1. The zero-order chi connectivity index (χ0) is 13.1. The predicted molar refractivity (Wildman–Crippen MR) is 72.0 cm³/mol. The molecule has 1 aromatic carbocycles. The molecule has 1 heterocycles. The van der Waals surface area contributed by atoms with Crippen molar-refractivity contribution in [1.82, 2.24) is 5.32 Å². The van der Waals surface area contributed by atoms with Crippen molar-refractivity contribution in [2.45, 2.75) is 13.3 Å². The maximum atomic E-state index is 11.0. The molecule has 0 radical (unpaired) electrons. The largest absolute Gasteiger partial charge is 0.487 e. The molecule has 0 aliphatic carbocycles. The lowest BCUT2D eigenvalue weighted by molar-refractivity contribution is -0.386. The number of hydrogen-bond acceptors (Lipinski definition) is 4. The highest BCUT2D eigenvalue weighted by atomic mass is 79.9. The van der Waals surface area contributed by atoms with Crippen molar-refractivity contribution >= 4 is 21.6 Å². The van der Waals surface area contributed by atoms with Crippen LogP contribution in [0.2, 0.25) is 0 Å². The van der Waals surface area contributed by atoms with Crippen LogP contribution in [0.3, 0.4) is 0 Å². The van der Waals surface area contributed by atoms with Gasteiger partial charge >= 0.3 is 5.69 Å². The van der Waals surface area contributed by atoms with E-state index >= 15 is 0 Å². The lowest BCUT2D eigenvalue weighted by atomic mass is 10.0. The van der Waals surface area contributed by atoms with Gasteiger partial charge in [-0.2, -0.15) is 0 Å². The molecule has 0 atom stereocenters. The maximum Gasteiger partial charge on any atom is 0.312 e. The van der Waals surface area contributed by atoms with E-state index in [1.165, 1.54) is 6.07 Å². The molecular formula is C12H15BrN2O3. The van der Waals surface area contributed by atoms with Crippen LogP contribution in [0.1, 0.15) is 12.0 Å². The van der Waals surface area contributed by atoms with Crippen LogP contribution in [0.15, 0.2) is 16.6 Å². The maximum absolute atomic E-state index is 11.0. The second kappa shape index (κ2) is 5.67. The van der Waals surface area contributed by atoms with Crippen LogP contribution >= 0.6 is 15.9 Å². The van der Waals surface area contributed by atoms with E-state index in [1.54, 1.807) is 0 Å². The van der Waals surface area contributed by atoms with Crippen molar-refractivity contribution in [1.29, 1.82) is 0 Å². The second-order valence-electron chi connectivity index (χ2n) is 4.49. The van der Waals surface area contributed by atoms with Crippen LogP contribution in [0.25, 0.3) is 0 Å². The molecule has 0 unspecified atom stereocenters. The molecule has 1 fully saturated rings. The van der Waals surface area contributed by atoms with Crippen molar-refractivity contribution in [2.75, 3.05) is 19.7 Å². The van der Waals surface area contributed by atoms with Crippen LogP contribution in [-0.4, -0.2) is 24.6 Å². The van der Waals surface area contributed by atoms with Gasteiger partial charge in [0.05, 0.1) is 11.5 Å². The van der Waals surface area contributed by atoms with E-state index in [4.69, 9.17) is 4.74 Å². The molecule has 6 heteroatoms. The number of ether oxygens (including phenoxy) is 1. The minimum absolute atomic E-state index is 0.0219. The third-order valence-electron chi connectivity index (χ3n) is 3.06. The fourth-order valence-electron chi connectivity index (χ4n) is 1.92. The molecular weight excluding hydrogens is 300 g/mol. The summed E-state index contributed by atoms with van der Waals surface area (Å²) in [6.45, 7) is 4.38. The number of aryl methyl sites for hydroxylation is 1. The average Bonchev–Trinajstić information content (AvgIpc) is 2.23. The first kappa shape index (κ1) is 13.3. The van der Waals surface area contributed by atoms with E-state index < -0.39 is 4.92 Å². The van der Waals surface area contributed by atoms with Crippen molar-refractivity contribution in [3.63, 3.8) is 0 Å². The Hall–Kier alpha value is -1.14. The molecule has 98 valence electrons. The summed E-state index contributed by atoms with van der Waals surface area (Å²) in [5.41, 5.74) is 0.802.